The molecular formula is C20H23F6N3O3. The Labute approximate surface area is 180 Å². The fourth-order valence-corrected chi connectivity index (χ4v) is 3.77. The van der Waals surface area contributed by atoms with Gasteiger partial charge in [0.15, 0.2) is 0 Å². The molecule has 2 fully saturated rings. The van der Waals surface area contributed by atoms with Crippen molar-refractivity contribution in [3.63, 3.8) is 0 Å². The van der Waals surface area contributed by atoms with Crippen molar-refractivity contribution in [2.75, 3.05) is 19.7 Å². The first-order chi connectivity index (χ1) is 14.6. The van der Waals surface area contributed by atoms with Crippen molar-refractivity contribution in [1.29, 1.82) is 0 Å². The van der Waals surface area contributed by atoms with Crippen LogP contribution in [0.2, 0.25) is 0 Å². The Bertz CT molecular complexity index is 859. The highest BCUT2D eigenvalue weighted by atomic mass is 19.4. The molecule has 6 nitrogen and oxygen atoms in total. The number of benzene rings is 1. The number of hydrogen-bond acceptors (Lipinski definition) is 4. The molecule has 3 rings (SSSR count). The van der Waals surface area contributed by atoms with Gasteiger partial charge in [0.05, 0.1) is 30.4 Å². The van der Waals surface area contributed by atoms with Crippen LogP contribution in [0.4, 0.5) is 26.3 Å². The minimum atomic E-state index is -4.94. The molecular weight excluding hydrogens is 444 g/mol. The second-order valence-electron chi connectivity index (χ2n) is 8.52. The molecule has 3 N–H and O–H groups in total. The number of alkyl halides is 6. The van der Waals surface area contributed by atoms with Gasteiger partial charge in [-0.05, 0) is 50.5 Å². The predicted molar refractivity (Wildman–Crippen MR) is 100 cm³/mol. The summed E-state index contributed by atoms with van der Waals surface area (Å²) in [5, 5.41) is 8.33. The lowest BCUT2D eigenvalue weighted by Gasteiger charge is -2.46. The summed E-state index contributed by atoms with van der Waals surface area (Å²) in [6, 6.07) is 1.37. The smallest absolute Gasteiger partial charge is 0.372 e. The molecule has 1 aromatic carbocycles. The highest BCUT2D eigenvalue weighted by molar-refractivity contribution is 5.98. The van der Waals surface area contributed by atoms with E-state index >= 15 is 0 Å². The van der Waals surface area contributed by atoms with Crippen LogP contribution in [0.3, 0.4) is 0 Å². The van der Waals surface area contributed by atoms with Gasteiger partial charge in [-0.15, -0.1) is 0 Å². The van der Waals surface area contributed by atoms with Gasteiger partial charge in [-0.25, -0.2) is 0 Å². The zero-order valence-electron chi connectivity index (χ0n) is 17.3. The van der Waals surface area contributed by atoms with Crippen molar-refractivity contribution in [3.05, 3.63) is 34.9 Å². The molecule has 2 aliphatic rings. The number of piperidine rings is 1. The van der Waals surface area contributed by atoms with E-state index in [9.17, 15) is 35.9 Å². The third-order valence-corrected chi connectivity index (χ3v) is 5.87. The summed E-state index contributed by atoms with van der Waals surface area (Å²) in [4.78, 5) is 23.9. The van der Waals surface area contributed by atoms with Crippen LogP contribution in [0.25, 0.3) is 0 Å². The summed E-state index contributed by atoms with van der Waals surface area (Å²) in [7, 11) is 0. The van der Waals surface area contributed by atoms with Crippen LogP contribution in [0.1, 0.15) is 49.5 Å². The monoisotopic (exact) mass is 467 g/mol. The second kappa shape index (κ2) is 8.22. The maximum absolute atomic E-state index is 13.1. The normalized spacial score (nSPS) is 27.8. The molecule has 2 heterocycles. The summed E-state index contributed by atoms with van der Waals surface area (Å²) >= 11 is 0. The van der Waals surface area contributed by atoms with Crippen LogP contribution in [0, 0.1) is 0 Å². The molecule has 0 aromatic heterocycles. The van der Waals surface area contributed by atoms with Gasteiger partial charge in [-0.1, -0.05) is 0 Å². The van der Waals surface area contributed by atoms with E-state index in [1.54, 1.807) is 6.92 Å². The first kappa shape index (κ1) is 24.3. The third kappa shape index (κ3) is 5.17. The number of hydrogen-bond donors (Lipinski definition) is 3. The fourth-order valence-electron chi connectivity index (χ4n) is 3.77. The summed E-state index contributed by atoms with van der Waals surface area (Å²) in [5.41, 5.74) is -4.84. The Hall–Kier alpha value is -2.34. The summed E-state index contributed by atoms with van der Waals surface area (Å²) < 4.78 is 84.2. The first-order valence-electron chi connectivity index (χ1n) is 9.89. The highest BCUT2D eigenvalue weighted by Crippen LogP contribution is 2.38. The first-order valence-corrected chi connectivity index (χ1v) is 9.89. The molecule has 178 valence electrons. The Balaban J connectivity index is 1.70. The van der Waals surface area contributed by atoms with E-state index in [0.29, 0.717) is 25.0 Å². The van der Waals surface area contributed by atoms with Gasteiger partial charge in [-0.2, -0.15) is 26.3 Å². The number of carbonyl (C=O) groups is 2. The van der Waals surface area contributed by atoms with Crippen molar-refractivity contribution in [1.82, 2.24) is 16.0 Å². The van der Waals surface area contributed by atoms with Crippen molar-refractivity contribution in [3.8, 4) is 0 Å². The van der Waals surface area contributed by atoms with Crippen molar-refractivity contribution >= 4 is 11.8 Å². The summed E-state index contributed by atoms with van der Waals surface area (Å²) in [5.74, 6) is -0.630. The van der Waals surface area contributed by atoms with E-state index in [1.165, 1.54) is 6.92 Å². The topological polar surface area (TPSA) is 79.5 Å². The van der Waals surface area contributed by atoms with E-state index < -0.39 is 40.7 Å². The number of halogens is 6. The van der Waals surface area contributed by atoms with E-state index in [2.05, 4.69) is 16.0 Å². The van der Waals surface area contributed by atoms with Gasteiger partial charge < -0.3 is 20.7 Å². The van der Waals surface area contributed by atoms with E-state index in [-0.39, 0.29) is 43.1 Å². The minimum absolute atomic E-state index is 0.0303. The van der Waals surface area contributed by atoms with E-state index in [1.807, 2.05) is 0 Å². The Morgan fingerprint density at radius 3 is 2.12 bits per heavy atom. The van der Waals surface area contributed by atoms with Crippen LogP contribution < -0.4 is 16.0 Å². The maximum atomic E-state index is 13.1. The van der Waals surface area contributed by atoms with Gasteiger partial charge in [0.1, 0.15) is 5.54 Å². The van der Waals surface area contributed by atoms with Crippen LogP contribution >= 0.6 is 0 Å². The van der Waals surface area contributed by atoms with Crippen molar-refractivity contribution in [2.24, 2.45) is 0 Å². The lowest BCUT2D eigenvalue weighted by molar-refractivity contribution is -0.143. The molecule has 2 aliphatic heterocycles. The van der Waals surface area contributed by atoms with Crippen molar-refractivity contribution < 1.29 is 40.7 Å². The summed E-state index contributed by atoms with van der Waals surface area (Å²) in [6.45, 7) is 3.12. The number of piperazine rings is 1. The lowest BCUT2D eigenvalue weighted by Crippen LogP contribution is -2.73. The van der Waals surface area contributed by atoms with Crippen LogP contribution in [-0.4, -0.2) is 42.6 Å². The van der Waals surface area contributed by atoms with Crippen molar-refractivity contribution in [2.45, 2.75) is 56.2 Å². The molecule has 0 radical (unpaired) electrons. The standard InChI is InChI=1S/C20H23F6N3O3/c1-11(12-5-13(19(21,22)23)7-14(6-12)20(24,25)26)32-10-17(2)3-4-18(9-28-17)16(31)27-8-15(30)29-18/h5-7,11,28H,3-4,8-10H2,1-2H3,(H,27,31)(H,29,30). The van der Waals surface area contributed by atoms with Crippen LogP contribution in [-0.2, 0) is 26.7 Å². The van der Waals surface area contributed by atoms with E-state index in [4.69, 9.17) is 4.74 Å². The maximum Gasteiger partial charge on any atom is 0.416 e. The predicted octanol–water partition coefficient (Wildman–Crippen LogP) is 2.93. The number of rotatable bonds is 4. The van der Waals surface area contributed by atoms with Gasteiger partial charge in [0, 0.05) is 12.1 Å². The average Bonchev–Trinajstić information content (AvgIpc) is 2.70. The highest BCUT2D eigenvalue weighted by Gasteiger charge is 2.48. The number of carbonyl (C=O) groups excluding carboxylic acids is 2. The quantitative estimate of drug-likeness (QED) is 0.595. The zero-order chi connectivity index (χ0) is 23.9. The molecule has 32 heavy (non-hydrogen) atoms. The number of nitrogens with one attached hydrogen (secondary N) is 3. The molecule has 3 atom stereocenters. The van der Waals surface area contributed by atoms with Gasteiger partial charge in [-0.3, -0.25) is 9.59 Å². The molecule has 1 spiro atoms. The molecule has 0 saturated carbocycles. The van der Waals surface area contributed by atoms with Gasteiger partial charge >= 0.3 is 12.4 Å². The minimum Gasteiger partial charge on any atom is -0.372 e. The van der Waals surface area contributed by atoms with E-state index in [0.717, 1.165) is 0 Å². The Kier molecular flexibility index (Phi) is 6.24. The molecule has 2 saturated heterocycles. The van der Waals surface area contributed by atoms with Gasteiger partial charge in [0.2, 0.25) is 11.8 Å². The number of ether oxygens (including phenoxy) is 1. The SMILES string of the molecule is CC(OCC1(C)CCC2(CN1)NC(=O)CNC2=O)c1cc(C(F)(F)F)cc(C(F)(F)F)c1. The zero-order valence-corrected chi connectivity index (χ0v) is 17.3. The largest absolute Gasteiger partial charge is 0.416 e. The molecule has 0 bridgehead atoms. The van der Waals surface area contributed by atoms with Gasteiger partial charge in [0.25, 0.3) is 0 Å². The molecule has 3 unspecified atom stereocenters. The molecule has 12 heteroatoms. The molecule has 1 aromatic rings. The fraction of sp³-hybridized carbons (Fsp3) is 0.600. The van der Waals surface area contributed by atoms with Crippen LogP contribution in [0.15, 0.2) is 18.2 Å². The Morgan fingerprint density at radius 2 is 1.62 bits per heavy atom. The van der Waals surface area contributed by atoms with Crippen LogP contribution in [0.5, 0.6) is 0 Å². The number of amides is 2. The lowest BCUT2D eigenvalue weighted by atomic mass is 9.79. The molecule has 0 aliphatic carbocycles. The summed E-state index contributed by atoms with van der Waals surface area (Å²) in [6.07, 6.45) is -10.2. The molecule has 2 amide bonds. The average molecular weight is 467 g/mol. The third-order valence-electron chi connectivity index (χ3n) is 5.87. The second-order valence-corrected chi connectivity index (χ2v) is 8.52. The Morgan fingerprint density at radius 1 is 1.03 bits per heavy atom.